The van der Waals surface area contributed by atoms with E-state index in [0.29, 0.717) is 15.4 Å². The van der Waals surface area contributed by atoms with Crippen LogP contribution >= 0.6 is 11.8 Å². The van der Waals surface area contributed by atoms with E-state index < -0.39 is 5.97 Å². The first-order valence-electron chi connectivity index (χ1n) is 7.65. The van der Waals surface area contributed by atoms with Crippen LogP contribution in [-0.2, 0) is 0 Å². The molecule has 0 bridgehead atoms. The molecule has 0 saturated heterocycles. The molecular formula is C18H12N4O3S. The molecule has 128 valence electrons. The van der Waals surface area contributed by atoms with Crippen molar-refractivity contribution >= 4 is 28.5 Å². The maximum absolute atomic E-state index is 11.5. The normalized spacial score (nSPS) is 10.9. The van der Waals surface area contributed by atoms with Gasteiger partial charge in [-0.15, -0.1) is 5.10 Å². The van der Waals surface area contributed by atoms with Crippen LogP contribution in [0.1, 0.15) is 10.4 Å². The minimum Gasteiger partial charge on any atom is -0.506 e. The first-order valence-corrected chi connectivity index (χ1v) is 8.46. The number of carbonyl (C=O) groups is 1. The number of aromatic nitrogens is 4. The summed E-state index contributed by atoms with van der Waals surface area (Å²) in [5.74, 6) is -1.45. The van der Waals surface area contributed by atoms with Gasteiger partial charge in [0.1, 0.15) is 11.3 Å². The second-order valence-electron chi connectivity index (χ2n) is 5.43. The van der Waals surface area contributed by atoms with Gasteiger partial charge in [-0.3, -0.25) is 0 Å². The van der Waals surface area contributed by atoms with E-state index in [2.05, 4.69) is 15.5 Å². The van der Waals surface area contributed by atoms with Crippen molar-refractivity contribution in [2.24, 2.45) is 0 Å². The number of benzene rings is 3. The smallest absolute Gasteiger partial charge is 0.339 e. The lowest BCUT2D eigenvalue weighted by Crippen LogP contribution is -2.00. The van der Waals surface area contributed by atoms with E-state index in [-0.39, 0.29) is 11.3 Å². The van der Waals surface area contributed by atoms with Gasteiger partial charge in [-0.2, -0.15) is 4.68 Å². The van der Waals surface area contributed by atoms with E-state index >= 15 is 0 Å². The highest BCUT2D eigenvalue weighted by atomic mass is 32.2. The highest BCUT2D eigenvalue weighted by molar-refractivity contribution is 7.99. The number of nitrogens with zero attached hydrogens (tertiary/aromatic N) is 4. The van der Waals surface area contributed by atoms with Gasteiger partial charge >= 0.3 is 5.97 Å². The van der Waals surface area contributed by atoms with Crippen LogP contribution in [0.25, 0.3) is 16.5 Å². The maximum atomic E-state index is 11.5. The maximum Gasteiger partial charge on any atom is 0.339 e. The van der Waals surface area contributed by atoms with E-state index in [1.807, 2.05) is 42.5 Å². The first kappa shape index (κ1) is 16.1. The van der Waals surface area contributed by atoms with Crippen molar-refractivity contribution in [1.82, 2.24) is 20.2 Å². The zero-order valence-electron chi connectivity index (χ0n) is 13.3. The molecule has 4 rings (SSSR count). The average molecular weight is 364 g/mol. The summed E-state index contributed by atoms with van der Waals surface area (Å²) >= 11 is 1.24. The third-order valence-electron chi connectivity index (χ3n) is 3.85. The van der Waals surface area contributed by atoms with Crippen LogP contribution in [0, 0.1) is 0 Å². The Balaban J connectivity index is 1.86. The molecule has 0 aliphatic rings. The molecule has 0 spiro atoms. The number of aromatic hydroxyl groups is 1. The lowest BCUT2D eigenvalue weighted by Gasteiger charge is -2.10. The number of hydrogen-bond acceptors (Lipinski definition) is 6. The molecule has 2 N–H and O–H groups in total. The Morgan fingerprint density at radius 3 is 2.42 bits per heavy atom. The van der Waals surface area contributed by atoms with Crippen molar-refractivity contribution in [2.75, 3.05) is 0 Å². The van der Waals surface area contributed by atoms with Gasteiger partial charge in [0.05, 0.1) is 5.69 Å². The Bertz CT molecular complexity index is 1110. The quantitative estimate of drug-likeness (QED) is 0.572. The van der Waals surface area contributed by atoms with Crippen molar-refractivity contribution in [3.63, 3.8) is 0 Å². The standard InChI is InChI=1S/C18H12N4O3S/c23-16-13-9-5-4-8-12(13)15(10-14(16)17(24)25)26-18-19-20-21-22(18)11-6-2-1-3-7-11/h1-10,23H,(H,24,25). The lowest BCUT2D eigenvalue weighted by atomic mass is 10.1. The van der Waals surface area contributed by atoms with Crippen molar-refractivity contribution in [3.05, 3.63) is 66.2 Å². The SMILES string of the molecule is O=C(O)c1cc(Sc2nnnn2-c2ccccc2)c2ccccc2c1O. The summed E-state index contributed by atoms with van der Waals surface area (Å²) in [6.07, 6.45) is 0. The molecule has 26 heavy (non-hydrogen) atoms. The van der Waals surface area contributed by atoms with Crippen LogP contribution < -0.4 is 0 Å². The zero-order valence-corrected chi connectivity index (χ0v) is 14.1. The van der Waals surface area contributed by atoms with Gasteiger partial charge in [0, 0.05) is 10.3 Å². The Morgan fingerprint density at radius 2 is 1.69 bits per heavy atom. The summed E-state index contributed by atoms with van der Waals surface area (Å²) in [7, 11) is 0. The fourth-order valence-corrected chi connectivity index (χ4v) is 3.61. The molecule has 0 fully saturated rings. The number of tetrazole rings is 1. The van der Waals surface area contributed by atoms with Gasteiger partial charge in [-0.25, -0.2) is 4.79 Å². The fourth-order valence-electron chi connectivity index (χ4n) is 2.65. The molecule has 7 nitrogen and oxygen atoms in total. The molecule has 1 aromatic heterocycles. The molecule has 0 saturated carbocycles. The van der Waals surface area contributed by atoms with E-state index in [1.165, 1.54) is 17.8 Å². The monoisotopic (exact) mass is 364 g/mol. The van der Waals surface area contributed by atoms with Gasteiger partial charge < -0.3 is 10.2 Å². The average Bonchev–Trinajstić information content (AvgIpc) is 3.13. The Labute approximate surface area is 151 Å². The fraction of sp³-hybridized carbons (Fsp3) is 0. The highest BCUT2D eigenvalue weighted by Crippen LogP contribution is 2.39. The molecular weight excluding hydrogens is 352 g/mol. The van der Waals surface area contributed by atoms with Crippen molar-refractivity contribution in [3.8, 4) is 11.4 Å². The minimum absolute atomic E-state index is 0.162. The molecule has 4 aromatic rings. The molecule has 0 amide bonds. The molecule has 0 radical (unpaired) electrons. The van der Waals surface area contributed by atoms with Crippen LogP contribution in [0.3, 0.4) is 0 Å². The van der Waals surface area contributed by atoms with Crippen molar-refractivity contribution < 1.29 is 15.0 Å². The number of phenols is 1. The van der Waals surface area contributed by atoms with Gasteiger partial charge in [0.15, 0.2) is 0 Å². The number of carboxylic acid groups (broad SMARTS) is 1. The summed E-state index contributed by atoms with van der Waals surface area (Å²) in [6, 6.07) is 17.9. The van der Waals surface area contributed by atoms with Crippen LogP contribution in [0.2, 0.25) is 0 Å². The van der Waals surface area contributed by atoms with Crippen molar-refractivity contribution in [1.29, 1.82) is 0 Å². The topological polar surface area (TPSA) is 101 Å². The largest absolute Gasteiger partial charge is 0.506 e. The van der Waals surface area contributed by atoms with E-state index in [0.717, 1.165) is 11.1 Å². The van der Waals surface area contributed by atoms with Gasteiger partial charge in [-0.05, 0) is 45.8 Å². The number of rotatable bonds is 4. The number of carboxylic acids is 1. The van der Waals surface area contributed by atoms with Crippen LogP contribution in [0.5, 0.6) is 5.75 Å². The molecule has 0 unspecified atom stereocenters. The van der Waals surface area contributed by atoms with Crippen LogP contribution in [-0.4, -0.2) is 36.4 Å². The summed E-state index contributed by atoms with van der Waals surface area (Å²) in [5, 5.41) is 33.1. The molecule has 0 aliphatic carbocycles. The third kappa shape index (κ3) is 2.76. The summed E-state index contributed by atoms with van der Waals surface area (Å²) in [4.78, 5) is 12.1. The van der Waals surface area contributed by atoms with E-state index in [1.54, 1.807) is 16.8 Å². The predicted octanol–water partition coefficient (Wildman–Crippen LogP) is 3.37. The second-order valence-corrected chi connectivity index (χ2v) is 6.44. The molecule has 0 aliphatic heterocycles. The lowest BCUT2D eigenvalue weighted by molar-refractivity contribution is 0.0694. The number of para-hydroxylation sites is 1. The Hall–Kier alpha value is -3.39. The van der Waals surface area contributed by atoms with Gasteiger partial charge in [0.2, 0.25) is 5.16 Å². The van der Waals surface area contributed by atoms with E-state index in [4.69, 9.17) is 0 Å². The summed E-state index contributed by atoms with van der Waals surface area (Å²) < 4.78 is 1.58. The number of aromatic carboxylic acids is 1. The summed E-state index contributed by atoms with van der Waals surface area (Å²) in [5.41, 5.74) is 0.631. The third-order valence-corrected chi connectivity index (χ3v) is 4.85. The molecule has 0 atom stereocenters. The molecule has 1 heterocycles. The predicted molar refractivity (Wildman–Crippen MR) is 95.8 cm³/mol. The second kappa shape index (κ2) is 6.49. The van der Waals surface area contributed by atoms with Gasteiger partial charge in [0.25, 0.3) is 0 Å². The van der Waals surface area contributed by atoms with Crippen LogP contribution in [0.4, 0.5) is 0 Å². The van der Waals surface area contributed by atoms with Crippen LogP contribution in [0.15, 0.2) is 70.7 Å². The Morgan fingerprint density at radius 1 is 1.00 bits per heavy atom. The van der Waals surface area contributed by atoms with Crippen molar-refractivity contribution in [2.45, 2.75) is 10.1 Å². The number of hydrogen-bond donors (Lipinski definition) is 2. The molecule has 3 aromatic carbocycles. The number of fused-ring (bicyclic) bond motifs is 1. The van der Waals surface area contributed by atoms with E-state index in [9.17, 15) is 15.0 Å². The Kier molecular flexibility index (Phi) is 4.02. The molecule has 8 heteroatoms. The highest BCUT2D eigenvalue weighted by Gasteiger charge is 2.19. The first-order chi connectivity index (χ1) is 12.6. The minimum atomic E-state index is -1.20. The zero-order chi connectivity index (χ0) is 18.1. The van der Waals surface area contributed by atoms with Gasteiger partial charge in [-0.1, -0.05) is 42.5 Å². The summed E-state index contributed by atoms with van der Waals surface area (Å²) in [6.45, 7) is 0.